The predicted molar refractivity (Wildman–Crippen MR) is 154 cm³/mol. The highest BCUT2D eigenvalue weighted by Gasteiger charge is 2.31. The molecule has 13 heteroatoms. The molecule has 218 valence electrons. The lowest BCUT2D eigenvalue weighted by molar-refractivity contribution is -0.142. The van der Waals surface area contributed by atoms with Crippen molar-refractivity contribution in [2.75, 3.05) is 5.75 Å². The second kappa shape index (κ2) is 14.9. The minimum Gasteiger partial charge on any atom is -0.481 e. The van der Waals surface area contributed by atoms with E-state index in [0.717, 1.165) is 10.9 Å². The quantitative estimate of drug-likeness (QED) is 0.119. The zero-order valence-electron chi connectivity index (χ0n) is 22.1. The van der Waals surface area contributed by atoms with Crippen molar-refractivity contribution >= 4 is 53.2 Å². The average Bonchev–Trinajstić information content (AvgIpc) is 3.36. The maximum Gasteiger partial charge on any atom is 0.326 e. The topological polar surface area (TPSA) is 204 Å². The van der Waals surface area contributed by atoms with Gasteiger partial charge < -0.3 is 36.9 Å². The summed E-state index contributed by atoms with van der Waals surface area (Å²) in [5.41, 5.74) is 7.98. The summed E-state index contributed by atoms with van der Waals surface area (Å²) < 4.78 is 0. The normalized spacial score (nSPS) is 13.9. The van der Waals surface area contributed by atoms with Crippen molar-refractivity contribution in [3.63, 3.8) is 0 Å². The van der Waals surface area contributed by atoms with Gasteiger partial charge in [-0.1, -0.05) is 48.5 Å². The van der Waals surface area contributed by atoms with E-state index in [1.54, 1.807) is 36.5 Å². The Morgan fingerprint density at radius 1 is 0.805 bits per heavy atom. The third-order valence-electron chi connectivity index (χ3n) is 6.45. The van der Waals surface area contributed by atoms with Gasteiger partial charge in [0.2, 0.25) is 17.7 Å². The number of H-pyrrole nitrogens is 1. The molecule has 1 aromatic heterocycles. The van der Waals surface area contributed by atoms with Crippen molar-refractivity contribution in [3.8, 4) is 0 Å². The van der Waals surface area contributed by atoms with E-state index in [0.29, 0.717) is 11.1 Å². The summed E-state index contributed by atoms with van der Waals surface area (Å²) in [4.78, 5) is 65.0. The van der Waals surface area contributed by atoms with Gasteiger partial charge in [0.25, 0.3) is 0 Å². The average molecular weight is 584 g/mol. The van der Waals surface area contributed by atoms with Gasteiger partial charge in [-0.05, 0) is 23.6 Å². The first kappa shape index (κ1) is 31.2. The van der Waals surface area contributed by atoms with Crippen LogP contribution in [0.15, 0.2) is 60.8 Å². The molecule has 0 aliphatic carbocycles. The van der Waals surface area contributed by atoms with Crippen molar-refractivity contribution in [1.82, 2.24) is 20.9 Å². The Morgan fingerprint density at radius 3 is 2.07 bits per heavy atom. The maximum atomic E-state index is 13.5. The zero-order chi connectivity index (χ0) is 29.9. The number of benzene rings is 2. The molecule has 0 bridgehead atoms. The molecule has 0 fully saturated rings. The van der Waals surface area contributed by atoms with Gasteiger partial charge in [-0.2, -0.15) is 12.6 Å². The van der Waals surface area contributed by atoms with E-state index < -0.39 is 53.8 Å². The Morgan fingerprint density at radius 2 is 1.41 bits per heavy atom. The fraction of sp³-hybridized carbons (Fsp3) is 0.321. The van der Waals surface area contributed by atoms with Gasteiger partial charge in [0.1, 0.15) is 18.1 Å². The second-order valence-electron chi connectivity index (χ2n) is 9.50. The number of rotatable bonds is 15. The van der Waals surface area contributed by atoms with Crippen LogP contribution in [-0.2, 0) is 36.8 Å². The number of thiol groups is 1. The largest absolute Gasteiger partial charge is 0.481 e. The monoisotopic (exact) mass is 583 g/mol. The molecule has 4 unspecified atom stereocenters. The van der Waals surface area contributed by atoms with Crippen LogP contribution in [0.4, 0.5) is 0 Å². The number of para-hydroxylation sites is 1. The summed E-state index contributed by atoms with van der Waals surface area (Å²) in [5.74, 6) is -4.71. The molecule has 3 aromatic rings. The second-order valence-corrected chi connectivity index (χ2v) is 9.86. The van der Waals surface area contributed by atoms with Crippen LogP contribution in [0.3, 0.4) is 0 Å². The number of carbonyl (C=O) groups is 5. The smallest absolute Gasteiger partial charge is 0.326 e. The van der Waals surface area contributed by atoms with Crippen LogP contribution < -0.4 is 21.7 Å². The number of hydrogen-bond acceptors (Lipinski definition) is 7. The summed E-state index contributed by atoms with van der Waals surface area (Å²) in [5, 5.41) is 27.0. The molecule has 0 saturated carbocycles. The van der Waals surface area contributed by atoms with Gasteiger partial charge in [0, 0.05) is 42.1 Å². The van der Waals surface area contributed by atoms with Crippen LogP contribution in [0.2, 0.25) is 0 Å². The maximum absolute atomic E-state index is 13.5. The van der Waals surface area contributed by atoms with Crippen LogP contribution in [0, 0.1) is 0 Å². The summed E-state index contributed by atoms with van der Waals surface area (Å²) in [6.45, 7) is 0. The van der Waals surface area contributed by atoms with E-state index in [2.05, 4.69) is 33.6 Å². The highest BCUT2D eigenvalue weighted by Crippen LogP contribution is 2.19. The molecule has 12 nitrogen and oxygen atoms in total. The van der Waals surface area contributed by atoms with Gasteiger partial charge in [0.15, 0.2) is 0 Å². The van der Waals surface area contributed by atoms with Crippen molar-refractivity contribution in [2.45, 2.75) is 49.9 Å². The Labute approximate surface area is 241 Å². The number of nitrogens with one attached hydrogen (secondary N) is 4. The van der Waals surface area contributed by atoms with Gasteiger partial charge in [-0.25, -0.2) is 4.79 Å². The number of hydrogen-bond donors (Lipinski definition) is 8. The van der Waals surface area contributed by atoms with Gasteiger partial charge in [0.05, 0.1) is 6.04 Å². The minimum absolute atomic E-state index is 0.0185. The highest BCUT2D eigenvalue weighted by molar-refractivity contribution is 7.80. The SMILES string of the molecule is NC(CCC(=O)O)C(=O)NC(CS)C(=O)NC(Cc1c[nH]c2ccccc12)C(=O)NC(Cc1ccccc1)C(=O)O. The van der Waals surface area contributed by atoms with Crippen molar-refractivity contribution in [1.29, 1.82) is 0 Å². The molecular weight excluding hydrogens is 550 g/mol. The summed E-state index contributed by atoms with van der Waals surface area (Å²) in [6, 6.07) is 11.3. The molecule has 4 atom stereocenters. The third-order valence-corrected chi connectivity index (χ3v) is 6.82. The number of aromatic nitrogens is 1. The Bertz CT molecular complexity index is 1380. The first-order valence-corrected chi connectivity index (χ1v) is 13.5. The van der Waals surface area contributed by atoms with Crippen molar-refractivity contribution < 1.29 is 34.2 Å². The number of carboxylic acids is 2. The van der Waals surface area contributed by atoms with Gasteiger partial charge >= 0.3 is 11.9 Å². The van der Waals surface area contributed by atoms with Crippen molar-refractivity contribution in [3.05, 3.63) is 71.9 Å². The Hall–Kier alpha value is -4.36. The lowest BCUT2D eigenvalue weighted by atomic mass is 10.0. The molecule has 1 heterocycles. The highest BCUT2D eigenvalue weighted by atomic mass is 32.1. The zero-order valence-corrected chi connectivity index (χ0v) is 23.0. The molecule has 0 spiro atoms. The molecule has 2 aromatic carbocycles. The predicted octanol–water partition coefficient (Wildman–Crippen LogP) is 0.614. The molecule has 0 aliphatic heterocycles. The van der Waals surface area contributed by atoms with E-state index in [-0.39, 0.29) is 31.4 Å². The molecule has 41 heavy (non-hydrogen) atoms. The fourth-order valence-corrected chi connectivity index (χ4v) is 4.46. The molecule has 0 saturated heterocycles. The van der Waals surface area contributed by atoms with Crippen molar-refractivity contribution in [2.24, 2.45) is 5.73 Å². The number of nitrogens with two attached hydrogens (primary N) is 1. The van der Waals surface area contributed by atoms with Crippen LogP contribution in [0.5, 0.6) is 0 Å². The lowest BCUT2D eigenvalue weighted by Crippen LogP contribution is -2.58. The molecule has 0 radical (unpaired) electrons. The molecule has 3 rings (SSSR count). The molecular formula is C28H33N5O7S. The summed E-state index contributed by atoms with van der Waals surface area (Å²) >= 11 is 4.14. The van der Waals surface area contributed by atoms with E-state index in [1.165, 1.54) is 0 Å². The van der Waals surface area contributed by atoms with Crippen LogP contribution in [0.25, 0.3) is 10.9 Å². The Balaban J connectivity index is 1.79. The Kier molecular flexibility index (Phi) is 11.3. The number of carboxylic acid groups (broad SMARTS) is 2. The van der Waals surface area contributed by atoms with Crippen LogP contribution >= 0.6 is 12.6 Å². The number of aliphatic carboxylic acids is 2. The first-order valence-electron chi connectivity index (χ1n) is 12.9. The van der Waals surface area contributed by atoms with E-state index in [1.807, 2.05) is 24.3 Å². The molecule has 3 amide bonds. The minimum atomic E-state index is -1.26. The number of fused-ring (bicyclic) bond motifs is 1. The number of amides is 3. The van der Waals surface area contributed by atoms with Gasteiger partial charge in [-0.3, -0.25) is 19.2 Å². The van der Waals surface area contributed by atoms with Crippen LogP contribution in [0.1, 0.15) is 24.0 Å². The first-order chi connectivity index (χ1) is 19.6. The van der Waals surface area contributed by atoms with Gasteiger partial charge in [-0.15, -0.1) is 0 Å². The van der Waals surface area contributed by atoms with E-state index in [9.17, 15) is 29.1 Å². The molecule has 8 N–H and O–H groups in total. The lowest BCUT2D eigenvalue weighted by Gasteiger charge is -2.24. The number of carbonyl (C=O) groups excluding carboxylic acids is 3. The van der Waals surface area contributed by atoms with E-state index >= 15 is 0 Å². The van der Waals surface area contributed by atoms with E-state index in [4.69, 9.17) is 10.8 Å². The summed E-state index contributed by atoms with van der Waals surface area (Å²) in [7, 11) is 0. The van der Waals surface area contributed by atoms with Crippen LogP contribution in [-0.4, -0.2) is 74.8 Å². The summed E-state index contributed by atoms with van der Waals surface area (Å²) in [6.07, 6.45) is 1.29. The fourth-order valence-electron chi connectivity index (χ4n) is 4.21. The number of aromatic amines is 1. The standard InChI is InChI=1S/C28H33N5O7S/c29-19(10-11-24(34)35)25(36)33-23(15-41)27(38)31-21(13-17-14-30-20-9-5-4-8-18(17)20)26(37)32-22(28(39)40)12-16-6-2-1-3-7-16/h1-9,14,19,21-23,30,41H,10-13,15,29H2,(H,31,38)(H,32,37)(H,33,36)(H,34,35)(H,39,40). The molecule has 0 aliphatic rings. The third kappa shape index (κ3) is 9.08.